The first-order valence-corrected chi connectivity index (χ1v) is 8.15. The van der Waals surface area contributed by atoms with Crippen molar-refractivity contribution in [2.75, 3.05) is 25.6 Å². The van der Waals surface area contributed by atoms with Gasteiger partial charge in [0.15, 0.2) is 18.1 Å². The Morgan fingerprint density at radius 1 is 1.15 bits per heavy atom. The largest absolute Gasteiger partial charge is 0.494 e. The smallest absolute Gasteiger partial charge is 0.255 e. The summed E-state index contributed by atoms with van der Waals surface area (Å²) in [5.74, 6) is 0.0450. The number of halogens is 1. The number of anilines is 1. The van der Waals surface area contributed by atoms with Crippen LogP contribution >= 0.6 is 11.6 Å². The monoisotopic (exact) mass is 378 g/mol. The quantitative estimate of drug-likeness (QED) is 0.735. The standard InChI is InChI=1S/C18H19ClN2O5/c1-3-25-13-6-4-12(5-7-13)21-18(23)11-8-14(19)17(15(9-11)24-2)26-10-16(20)22/h4-9H,3,10H2,1-2H3,(H2,20,22)(H,21,23). The number of carbonyl (C=O) groups excluding carboxylic acids is 2. The fraction of sp³-hybridized carbons (Fsp3) is 0.222. The second-order valence-corrected chi connectivity index (χ2v) is 5.56. The Balaban J connectivity index is 2.17. The van der Waals surface area contributed by atoms with Crippen LogP contribution in [0, 0.1) is 0 Å². The second kappa shape index (κ2) is 8.96. The molecule has 0 saturated heterocycles. The van der Waals surface area contributed by atoms with Gasteiger partial charge in [-0.25, -0.2) is 0 Å². The van der Waals surface area contributed by atoms with E-state index in [4.69, 9.17) is 31.5 Å². The highest BCUT2D eigenvalue weighted by molar-refractivity contribution is 6.32. The molecule has 0 atom stereocenters. The lowest BCUT2D eigenvalue weighted by molar-refractivity contribution is -0.119. The van der Waals surface area contributed by atoms with Crippen molar-refractivity contribution >= 4 is 29.1 Å². The first kappa shape index (κ1) is 19.4. The van der Waals surface area contributed by atoms with E-state index in [1.807, 2.05) is 6.92 Å². The van der Waals surface area contributed by atoms with E-state index in [0.717, 1.165) is 0 Å². The zero-order valence-electron chi connectivity index (χ0n) is 14.4. The molecule has 0 aliphatic rings. The molecule has 0 aliphatic carbocycles. The minimum atomic E-state index is -0.652. The number of amides is 2. The zero-order valence-corrected chi connectivity index (χ0v) is 15.1. The Hall–Kier alpha value is -2.93. The van der Waals surface area contributed by atoms with Gasteiger partial charge in [0.1, 0.15) is 5.75 Å². The second-order valence-electron chi connectivity index (χ2n) is 5.16. The fourth-order valence-corrected chi connectivity index (χ4v) is 2.40. The molecule has 3 N–H and O–H groups in total. The number of primary amides is 1. The number of nitrogens with one attached hydrogen (secondary N) is 1. The molecule has 0 saturated carbocycles. The first-order chi connectivity index (χ1) is 12.4. The van der Waals surface area contributed by atoms with Gasteiger partial charge in [0, 0.05) is 11.3 Å². The third kappa shape index (κ3) is 5.03. The molecule has 2 rings (SSSR count). The predicted octanol–water partition coefficient (Wildman–Crippen LogP) is 2.86. The topological polar surface area (TPSA) is 99.9 Å². The van der Waals surface area contributed by atoms with Gasteiger partial charge in [-0.05, 0) is 43.3 Å². The van der Waals surface area contributed by atoms with Gasteiger partial charge in [-0.3, -0.25) is 9.59 Å². The van der Waals surface area contributed by atoms with E-state index >= 15 is 0 Å². The zero-order chi connectivity index (χ0) is 19.1. The Kier molecular flexibility index (Phi) is 6.68. The molecule has 26 heavy (non-hydrogen) atoms. The molecule has 0 unspecified atom stereocenters. The molecule has 0 bridgehead atoms. The van der Waals surface area contributed by atoms with Crippen molar-refractivity contribution in [1.82, 2.24) is 0 Å². The van der Waals surface area contributed by atoms with Crippen LogP contribution in [0.15, 0.2) is 36.4 Å². The predicted molar refractivity (Wildman–Crippen MR) is 98.3 cm³/mol. The highest BCUT2D eigenvalue weighted by Crippen LogP contribution is 2.36. The summed E-state index contributed by atoms with van der Waals surface area (Å²) in [6.45, 7) is 2.10. The number of hydrogen-bond donors (Lipinski definition) is 2. The molecule has 2 amide bonds. The van der Waals surface area contributed by atoms with Crippen molar-refractivity contribution in [3.8, 4) is 17.2 Å². The Morgan fingerprint density at radius 3 is 2.42 bits per heavy atom. The van der Waals surface area contributed by atoms with Crippen LogP contribution in [0.25, 0.3) is 0 Å². The molecule has 138 valence electrons. The van der Waals surface area contributed by atoms with E-state index in [0.29, 0.717) is 18.0 Å². The third-order valence-electron chi connectivity index (χ3n) is 3.27. The molecule has 0 radical (unpaired) electrons. The summed E-state index contributed by atoms with van der Waals surface area (Å²) in [7, 11) is 1.40. The van der Waals surface area contributed by atoms with Crippen molar-refractivity contribution in [3.05, 3.63) is 47.0 Å². The van der Waals surface area contributed by atoms with Crippen molar-refractivity contribution < 1.29 is 23.8 Å². The van der Waals surface area contributed by atoms with Gasteiger partial charge in [-0.15, -0.1) is 0 Å². The number of methoxy groups -OCH3 is 1. The van der Waals surface area contributed by atoms with E-state index in [2.05, 4.69) is 5.32 Å². The molecular formula is C18H19ClN2O5. The Morgan fingerprint density at radius 2 is 1.85 bits per heavy atom. The summed E-state index contributed by atoms with van der Waals surface area (Å²) in [6, 6.07) is 9.86. The summed E-state index contributed by atoms with van der Waals surface area (Å²) < 4.78 is 15.8. The molecule has 0 fully saturated rings. The van der Waals surface area contributed by atoms with Gasteiger partial charge in [0.25, 0.3) is 11.8 Å². The number of benzene rings is 2. The van der Waals surface area contributed by atoms with Crippen molar-refractivity contribution in [3.63, 3.8) is 0 Å². The molecule has 2 aromatic carbocycles. The molecular weight excluding hydrogens is 360 g/mol. The fourth-order valence-electron chi connectivity index (χ4n) is 2.14. The van der Waals surface area contributed by atoms with Crippen molar-refractivity contribution in [2.24, 2.45) is 5.73 Å². The van der Waals surface area contributed by atoms with Crippen LogP contribution in [0.5, 0.6) is 17.2 Å². The Labute approximate surface area is 156 Å². The lowest BCUT2D eigenvalue weighted by atomic mass is 10.1. The van der Waals surface area contributed by atoms with Crippen LogP contribution in [-0.4, -0.2) is 32.1 Å². The van der Waals surface area contributed by atoms with Gasteiger partial charge in [0.2, 0.25) is 0 Å². The summed E-state index contributed by atoms with van der Waals surface area (Å²) in [4.78, 5) is 23.3. The average Bonchev–Trinajstić information content (AvgIpc) is 2.61. The lowest BCUT2D eigenvalue weighted by Crippen LogP contribution is -2.20. The van der Waals surface area contributed by atoms with Gasteiger partial charge in [-0.1, -0.05) is 11.6 Å². The number of rotatable bonds is 8. The number of carbonyl (C=O) groups is 2. The number of ether oxygens (including phenoxy) is 3. The minimum absolute atomic E-state index is 0.127. The molecule has 7 nitrogen and oxygen atoms in total. The van der Waals surface area contributed by atoms with Crippen molar-refractivity contribution in [2.45, 2.75) is 6.92 Å². The van der Waals surface area contributed by atoms with E-state index < -0.39 is 5.91 Å². The SMILES string of the molecule is CCOc1ccc(NC(=O)c2cc(Cl)c(OCC(N)=O)c(OC)c2)cc1. The molecule has 8 heteroatoms. The van der Waals surface area contributed by atoms with E-state index in [-0.39, 0.29) is 34.6 Å². The van der Waals surface area contributed by atoms with Gasteiger partial charge >= 0.3 is 0 Å². The van der Waals surface area contributed by atoms with Crippen LogP contribution in [0.1, 0.15) is 17.3 Å². The van der Waals surface area contributed by atoms with Gasteiger partial charge in [-0.2, -0.15) is 0 Å². The number of hydrogen-bond acceptors (Lipinski definition) is 5. The van der Waals surface area contributed by atoms with Crippen LogP contribution in [-0.2, 0) is 4.79 Å². The average molecular weight is 379 g/mol. The van der Waals surface area contributed by atoms with Crippen LogP contribution < -0.4 is 25.3 Å². The summed E-state index contributed by atoms with van der Waals surface area (Å²) in [6.07, 6.45) is 0. The van der Waals surface area contributed by atoms with E-state index in [9.17, 15) is 9.59 Å². The molecule has 0 aliphatic heterocycles. The van der Waals surface area contributed by atoms with Crippen LogP contribution in [0.2, 0.25) is 5.02 Å². The maximum Gasteiger partial charge on any atom is 0.255 e. The van der Waals surface area contributed by atoms with Crippen molar-refractivity contribution in [1.29, 1.82) is 0 Å². The maximum atomic E-state index is 12.5. The van der Waals surface area contributed by atoms with Crippen LogP contribution in [0.3, 0.4) is 0 Å². The van der Waals surface area contributed by atoms with Crippen LogP contribution in [0.4, 0.5) is 5.69 Å². The summed E-state index contributed by atoms with van der Waals surface area (Å²) in [5.41, 5.74) is 5.92. The number of nitrogens with two attached hydrogens (primary N) is 1. The highest BCUT2D eigenvalue weighted by atomic mass is 35.5. The van der Waals surface area contributed by atoms with Gasteiger partial charge in [0.05, 0.1) is 18.7 Å². The lowest BCUT2D eigenvalue weighted by Gasteiger charge is -2.13. The summed E-state index contributed by atoms with van der Waals surface area (Å²) >= 11 is 6.15. The van der Waals surface area contributed by atoms with Gasteiger partial charge < -0.3 is 25.3 Å². The van der Waals surface area contributed by atoms with E-state index in [1.165, 1.54) is 19.2 Å². The molecule has 2 aromatic rings. The molecule has 0 spiro atoms. The summed E-state index contributed by atoms with van der Waals surface area (Å²) in [5, 5.41) is 2.88. The maximum absolute atomic E-state index is 12.5. The Bertz CT molecular complexity index is 793. The van der Waals surface area contributed by atoms with E-state index in [1.54, 1.807) is 24.3 Å². The first-order valence-electron chi connectivity index (χ1n) is 7.77. The normalized spacial score (nSPS) is 10.1. The molecule has 0 aromatic heterocycles. The highest BCUT2D eigenvalue weighted by Gasteiger charge is 2.17. The molecule has 0 heterocycles. The third-order valence-corrected chi connectivity index (χ3v) is 3.55. The minimum Gasteiger partial charge on any atom is -0.494 e.